The molecule has 1 N–H and O–H groups in total. The van der Waals surface area contributed by atoms with E-state index in [4.69, 9.17) is 4.98 Å². The van der Waals surface area contributed by atoms with Crippen LogP contribution in [0, 0.1) is 6.92 Å². The second kappa shape index (κ2) is 5.52. The summed E-state index contributed by atoms with van der Waals surface area (Å²) in [5.74, 6) is 0.790. The predicted octanol–water partition coefficient (Wildman–Crippen LogP) is 2.85. The quantitative estimate of drug-likeness (QED) is 0.799. The molecule has 21 heavy (non-hydrogen) atoms. The molecule has 0 amide bonds. The molecule has 0 unspecified atom stereocenters. The van der Waals surface area contributed by atoms with Gasteiger partial charge in [-0.1, -0.05) is 25.1 Å². The molecule has 5 heteroatoms. The lowest BCUT2D eigenvalue weighted by atomic mass is 10.0. The van der Waals surface area contributed by atoms with Crippen LogP contribution < -0.4 is 5.32 Å². The molecule has 0 atom stereocenters. The summed E-state index contributed by atoms with van der Waals surface area (Å²) >= 11 is 0. The molecule has 0 aliphatic rings. The van der Waals surface area contributed by atoms with Crippen molar-refractivity contribution in [3.05, 3.63) is 47.7 Å². The zero-order chi connectivity index (χ0) is 14.8. The first kappa shape index (κ1) is 13.5. The van der Waals surface area contributed by atoms with Gasteiger partial charge in [0.2, 0.25) is 0 Å². The number of hydrogen-bond donors (Lipinski definition) is 1. The van der Waals surface area contributed by atoms with Crippen molar-refractivity contribution in [2.24, 2.45) is 7.05 Å². The maximum atomic E-state index is 4.69. The van der Waals surface area contributed by atoms with Crippen molar-refractivity contribution >= 4 is 16.6 Å². The second-order valence-corrected chi connectivity index (χ2v) is 5.11. The topological polar surface area (TPSA) is 55.6 Å². The molecule has 0 radical (unpaired) electrons. The lowest BCUT2D eigenvalue weighted by molar-refractivity contribution is 0.747. The van der Waals surface area contributed by atoms with E-state index in [2.05, 4.69) is 35.3 Å². The summed E-state index contributed by atoms with van der Waals surface area (Å²) in [5.41, 5.74) is 4.49. The fraction of sp³-hybridized carbons (Fsp3) is 0.312. The van der Waals surface area contributed by atoms with Gasteiger partial charge in [0.25, 0.3) is 0 Å². The maximum absolute atomic E-state index is 4.69. The molecule has 5 nitrogen and oxygen atoms in total. The summed E-state index contributed by atoms with van der Waals surface area (Å²) in [6, 6.07) is 8.22. The number of rotatable bonds is 4. The van der Waals surface area contributed by atoms with Gasteiger partial charge in [0.1, 0.15) is 6.33 Å². The summed E-state index contributed by atoms with van der Waals surface area (Å²) in [6.45, 7) is 4.83. The maximum Gasteiger partial charge on any atom is 0.169 e. The highest BCUT2D eigenvalue weighted by Gasteiger charge is 2.11. The van der Waals surface area contributed by atoms with Crippen molar-refractivity contribution in [3.8, 4) is 0 Å². The molecular formula is C16H19N5. The third-order valence-electron chi connectivity index (χ3n) is 3.62. The molecule has 0 fully saturated rings. The Kier molecular flexibility index (Phi) is 3.56. The van der Waals surface area contributed by atoms with Crippen LogP contribution >= 0.6 is 0 Å². The Bertz CT molecular complexity index is 775. The van der Waals surface area contributed by atoms with E-state index >= 15 is 0 Å². The number of nitrogens with zero attached hydrogens (tertiary/aromatic N) is 4. The fourth-order valence-corrected chi connectivity index (χ4v) is 2.64. The molecule has 2 aromatic heterocycles. The van der Waals surface area contributed by atoms with E-state index in [1.165, 1.54) is 5.56 Å². The second-order valence-electron chi connectivity index (χ2n) is 5.11. The Labute approximate surface area is 124 Å². The Morgan fingerprint density at radius 2 is 2.05 bits per heavy atom. The Hall–Kier alpha value is -2.43. The highest BCUT2D eigenvalue weighted by atomic mass is 15.3. The van der Waals surface area contributed by atoms with Crippen molar-refractivity contribution in [1.29, 1.82) is 0 Å². The molecule has 0 saturated carbocycles. The first-order chi connectivity index (χ1) is 10.2. The SMILES string of the molecule is CCc1c(C)nc2ccccc2c1NCc1ncn(C)n1. The zero-order valence-corrected chi connectivity index (χ0v) is 12.6. The van der Waals surface area contributed by atoms with E-state index in [0.717, 1.165) is 34.5 Å². The number of anilines is 1. The number of aryl methyl sites for hydroxylation is 2. The summed E-state index contributed by atoms with van der Waals surface area (Å²) in [5, 5.41) is 8.96. The average Bonchev–Trinajstić information content (AvgIpc) is 2.90. The molecule has 0 saturated heterocycles. The molecule has 0 aliphatic carbocycles. The molecule has 3 aromatic rings. The van der Waals surface area contributed by atoms with Crippen LogP contribution in [0.25, 0.3) is 10.9 Å². The minimum absolute atomic E-state index is 0.612. The van der Waals surface area contributed by atoms with Gasteiger partial charge in [-0.3, -0.25) is 9.67 Å². The Balaban J connectivity index is 2.02. The fourth-order valence-electron chi connectivity index (χ4n) is 2.64. The highest BCUT2D eigenvalue weighted by molar-refractivity contribution is 5.93. The number of benzene rings is 1. The van der Waals surface area contributed by atoms with Gasteiger partial charge in [0.05, 0.1) is 12.1 Å². The summed E-state index contributed by atoms with van der Waals surface area (Å²) in [7, 11) is 1.87. The van der Waals surface area contributed by atoms with Crippen molar-refractivity contribution in [3.63, 3.8) is 0 Å². The normalized spacial score (nSPS) is 11.0. The number of aromatic nitrogens is 4. The minimum Gasteiger partial charge on any atom is -0.377 e. The molecular weight excluding hydrogens is 262 g/mol. The van der Waals surface area contributed by atoms with Crippen LogP contribution in [-0.2, 0) is 20.0 Å². The number of fused-ring (bicyclic) bond motifs is 1. The zero-order valence-electron chi connectivity index (χ0n) is 12.6. The first-order valence-corrected chi connectivity index (χ1v) is 7.15. The standard InChI is InChI=1S/C16H19N5/c1-4-12-11(2)19-14-8-6-5-7-13(14)16(12)17-9-15-18-10-21(3)20-15/h5-8,10H,4,9H2,1-3H3,(H,17,19). The summed E-state index contributed by atoms with van der Waals surface area (Å²) in [6.07, 6.45) is 2.66. The number of hydrogen-bond acceptors (Lipinski definition) is 4. The van der Waals surface area contributed by atoms with Crippen molar-refractivity contribution in [2.45, 2.75) is 26.8 Å². The van der Waals surface area contributed by atoms with Crippen LogP contribution in [-0.4, -0.2) is 19.7 Å². The van der Waals surface area contributed by atoms with Crippen LogP contribution in [0.15, 0.2) is 30.6 Å². The largest absolute Gasteiger partial charge is 0.377 e. The van der Waals surface area contributed by atoms with Gasteiger partial charge in [-0.25, -0.2) is 4.98 Å². The third kappa shape index (κ3) is 2.59. The summed E-state index contributed by atoms with van der Waals surface area (Å²) < 4.78 is 1.72. The van der Waals surface area contributed by atoms with Gasteiger partial charge in [-0.2, -0.15) is 5.10 Å². The van der Waals surface area contributed by atoms with E-state index in [-0.39, 0.29) is 0 Å². The van der Waals surface area contributed by atoms with Crippen LogP contribution in [0.4, 0.5) is 5.69 Å². The molecule has 1 aromatic carbocycles. The predicted molar refractivity (Wildman–Crippen MR) is 84.2 cm³/mol. The van der Waals surface area contributed by atoms with E-state index < -0.39 is 0 Å². The van der Waals surface area contributed by atoms with Crippen LogP contribution in [0.1, 0.15) is 24.0 Å². The lowest BCUT2D eigenvalue weighted by Gasteiger charge is -2.15. The van der Waals surface area contributed by atoms with Gasteiger partial charge < -0.3 is 5.32 Å². The minimum atomic E-state index is 0.612. The van der Waals surface area contributed by atoms with Crippen molar-refractivity contribution in [2.75, 3.05) is 5.32 Å². The lowest BCUT2D eigenvalue weighted by Crippen LogP contribution is -2.07. The highest BCUT2D eigenvalue weighted by Crippen LogP contribution is 2.29. The van der Waals surface area contributed by atoms with Gasteiger partial charge in [-0.05, 0) is 25.0 Å². The average molecular weight is 281 g/mol. The number of pyridine rings is 1. The van der Waals surface area contributed by atoms with Crippen LogP contribution in [0.3, 0.4) is 0 Å². The molecule has 3 rings (SSSR count). The van der Waals surface area contributed by atoms with Gasteiger partial charge in [-0.15, -0.1) is 0 Å². The third-order valence-corrected chi connectivity index (χ3v) is 3.62. The van der Waals surface area contributed by atoms with Crippen molar-refractivity contribution < 1.29 is 0 Å². The van der Waals surface area contributed by atoms with E-state index in [1.54, 1.807) is 11.0 Å². The van der Waals surface area contributed by atoms with E-state index in [0.29, 0.717) is 6.54 Å². The monoisotopic (exact) mass is 281 g/mol. The van der Waals surface area contributed by atoms with Crippen LogP contribution in [0.5, 0.6) is 0 Å². The van der Waals surface area contributed by atoms with Gasteiger partial charge in [0.15, 0.2) is 5.82 Å². The first-order valence-electron chi connectivity index (χ1n) is 7.15. The molecule has 0 spiro atoms. The molecule has 0 bridgehead atoms. The van der Waals surface area contributed by atoms with Gasteiger partial charge >= 0.3 is 0 Å². The summed E-state index contributed by atoms with van der Waals surface area (Å²) in [4.78, 5) is 8.95. The smallest absolute Gasteiger partial charge is 0.169 e. The van der Waals surface area contributed by atoms with E-state index in [1.807, 2.05) is 25.2 Å². The van der Waals surface area contributed by atoms with Gasteiger partial charge in [0, 0.05) is 23.8 Å². The van der Waals surface area contributed by atoms with Crippen molar-refractivity contribution in [1.82, 2.24) is 19.7 Å². The Morgan fingerprint density at radius 1 is 1.24 bits per heavy atom. The number of nitrogens with one attached hydrogen (secondary N) is 1. The van der Waals surface area contributed by atoms with Crippen LogP contribution in [0.2, 0.25) is 0 Å². The molecule has 0 aliphatic heterocycles. The van der Waals surface area contributed by atoms with E-state index in [9.17, 15) is 0 Å². The number of para-hydroxylation sites is 1. The molecule has 2 heterocycles. The molecule has 108 valence electrons. The Morgan fingerprint density at radius 3 is 2.76 bits per heavy atom.